The van der Waals surface area contributed by atoms with E-state index in [2.05, 4.69) is 39.8 Å². The highest BCUT2D eigenvalue weighted by Gasteiger charge is 2.25. The van der Waals surface area contributed by atoms with Crippen LogP contribution in [0, 0.1) is 0 Å². The summed E-state index contributed by atoms with van der Waals surface area (Å²) in [6, 6.07) is 9.22. The van der Waals surface area contributed by atoms with Gasteiger partial charge in [0.2, 0.25) is 5.91 Å². The first kappa shape index (κ1) is 14.4. The lowest BCUT2D eigenvalue weighted by Crippen LogP contribution is -2.44. The third-order valence-electron chi connectivity index (χ3n) is 4.74. The average Bonchev–Trinajstić information content (AvgIpc) is 3.00. The standard InChI is InChI=1S/C17H25N3O/c1-18-15-10-11-20(16-9-5-4-8-14(15)16)12-17(21)19-13-6-2-3-7-13/h4-5,8-9,13,15,18H,2-3,6-7,10-12H2,1H3,(H,19,21). The normalized spacial score (nSPS) is 22.1. The van der Waals surface area contributed by atoms with Gasteiger partial charge in [0.05, 0.1) is 6.54 Å². The van der Waals surface area contributed by atoms with Crippen LogP contribution in [0.15, 0.2) is 24.3 Å². The van der Waals surface area contributed by atoms with Crippen LogP contribution in [0.4, 0.5) is 5.69 Å². The van der Waals surface area contributed by atoms with Crippen molar-refractivity contribution < 1.29 is 4.79 Å². The molecule has 1 aliphatic carbocycles. The Morgan fingerprint density at radius 3 is 2.76 bits per heavy atom. The van der Waals surface area contributed by atoms with Crippen molar-refractivity contribution in [1.29, 1.82) is 0 Å². The molecule has 4 heteroatoms. The van der Waals surface area contributed by atoms with Crippen molar-refractivity contribution in [3.8, 4) is 0 Å². The first-order chi connectivity index (χ1) is 10.3. The van der Waals surface area contributed by atoms with Gasteiger partial charge in [-0.25, -0.2) is 0 Å². The summed E-state index contributed by atoms with van der Waals surface area (Å²) in [5, 5.41) is 6.55. The first-order valence-corrected chi connectivity index (χ1v) is 8.08. The Bertz CT molecular complexity index is 497. The van der Waals surface area contributed by atoms with Gasteiger partial charge in [-0.15, -0.1) is 0 Å². The zero-order valence-electron chi connectivity index (χ0n) is 12.8. The summed E-state index contributed by atoms with van der Waals surface area (Å²) in [6.07, 6.45) is 5.83. The summed E-state index contributed by atoms with van der Waals surface area (Å²) in [5.74, 6) is 0.166. The van der Waals surface area contributed by atoms with Crippen LogP contribution in [-0.4, -0.2) is 32.1 Å². The lowest BCUT2D eigenvalue weighted by atomic mass is 9.96. The fraction of sp³-hybridized carbons (Fsp3) is 0.588. The van der Waals surface area contributed by atoms with Crippen molar-refractivity contribution in [2.75, 3.05) is 25.0 Å². The highest BCUT2D eigenvalue weighted by atomic mass is 16.2. The minimum atomic E-state index is 0.166. The number of nitrogens with one attached hydrogen (secondary N) is 2. The van der Waals surface area contributed by atoms with Gasteiger partial charge in [-0.3, -0.25) is 4.79 Å². The Kier molecular flexibility index (Phi) is 4.44. The predicted octanol–water partition coefficient (Wildman–Crippen LogP) is 2.22. The number of nitrogens with zero attached hydrogens (tertiary/aromatic N) is 1. The molecule has 2 aliphatic rings. The third-order valence-corrected chi connectivity index (χ3v) is 4.74. The van der Waals surface area contributed by atoms with E-state index in [1.807, 2.05) is 7.05 Å². The smallest absolute Gasteiger partial charge is 0.239 e. The Hall–Kier alpha value is -1.55. The summed E-state index contributed by atoms with van der Waals surface area (Å²) in [7, 11) is 2.00. The zero-order valence-corrected chi connectivity index (χ0v) is 12.8. The van der Waals surface area contributed by atoms with E-state index < -0.39 is 0 Å². The number of amides is 1. The van der Waals surface area contributed by atoms with E-state index in [-0.39, 0.29) is 5.91 Å². The van der Waals surface area contributed by atoms with Gasteiger partial charge in [0.1, 0.15) is 0 Å². The number of hydrogen-bond donors (Lipinski definition) is 2. The number of hydrogen-bond acceptors (Lipinski definition) is 3. The average molecular weight is 287 g/mol. The summed E-state index contributed by atoms with van der Waals surface area (Å²) < 4.78 is 0. The van der Waals surface area contributed by atoms with Crippen molar-refractivity contribution in [1.82, 2.24) is 10.6 Å². The molecule has 114 valence electrons. The van der Waals surface area contributed by atoms with Crippen molar-refractivity contribution in [2.45, 2.75) is 44.2 Å². The molecule has 0 aromatic heterocycles. The number of para-hydroxylation sites is 1. The molecule has 1 aromatic carbocycles. The number of rotatable bonds is 4. The SMILES string of the molecule is CNC1CCN(CC(=O)NC2CCCC2)c2ccccc21. The number of benzene rings is 1. The number of anilines is 1. The molecule has 1 heterocycles. The van der Waals surface area contributed by atoms with Crippen LogP contribution in [0.2, 0.25) is 0 Å². The molecule has 0 spiro atoms. The van der Waals surface area contributed by atoms with E-state index in [1.54, 1.807) is 0 Å². The zero-order chi connectivity index (χ0) is 14.7. The molecule has 3 rings (SSSR count). The third kappa shape index (κ3) is 3.21. The molecule has 21 heavy (non-hydrogen) atoms. The number of fused-ring (bicyclic) bond motifs is 1. The van der Waals surface area contributed by atoms with Gasteiger partial charge in [-0.2, -0.15) is 0 Å². The molecule has 0 bridgehead atoms. The Morgan fingerprint density at radius 2 is 2.00 bits per heavy atom. The second kappa shape index (κ2) is 6.48. The maximum Gasteiger partial charge on any atom is 0.239 e. The highest BCUT2D eigenvalue weighted by molar-refractivity contribution is 5.82. The second-order valence-electron chi connectivity index (χ2n) is 6.16. The second-order valence-corrected chi connectivity index (χ2v) is 6.16. The fourth-order valence-corrected chi connectivity index (χ4v) is 3.61. The number of carbonyl (C=O) groups is 1. The van der Waals surface area contributed by atoms with E-state index in [0.717, 1.165) is 25.8 Å². The van der Waals surface area contributed by atoms with Crippen LogP contribution in [-0.2, 0) is 4.79 Å². The van der Waals surface area contributed by atoms with E-state index in [4.69, 9.17) is 0 Å². The van der Waals surface area contributed by atoms with Crippen molar-refractivity contribution in [3.05, 3.63) is 29.8 Å². The molecule has 1 unspecified atom stereocenters. The van der Waals surface area contributed by atoms with Gasteiger partial charge in [0.15, 0.2) is 0 Å². The van der Waals surface area contributed by atoms with E-state index in [0.29, 0.717) is 18.6 Å². The Morgan fingerprint density at radius 1 is 1.24 bits per heavy atom. The molecule has 1 fully saturated rings. The molecule has 1 saturated carbocycles. The minimum Gasteiger partial charge on any atom is -0.362 e. The molecule has 0 radical (unpaired) electrons. The van der Waals surface area contributed by atoms with Crippen LogP contribution >= 0.6 is 0 Å². The van der Waals surface area contributed by atoms with E-state index >= 15 is 0 Å². The topological polar surface area (TPSA) is 44.4 Å². The maximum absolute atomic E-state index is 12.3. The van der Waals surface area contributed by atoms with Crippen molar-refractivity contribution in [2.24, 2.45) is 0 Å². The van der Waals surface area contributed by atoms with Gasteiger partial charge in [0.25, 0.3) is 0 Å². The van der Waals surface area contributed by atoms with Gasteiger partial charge < -0.3 is 15.5 Å². The number of carbonyl (C=O) groups excluding carboxylic acids is 1. The molecule has 1 aliphatic heterocycles. The van der Waals surface area contributed by atoms with Gasteiger partial charge in [0, 0.05) is 24.3 Å². The monoisotopic (exact) mass is 287 g/mol. The molecule has 0 saturated heterocycles. The molecule has 1 aromatic rings. The highest BCUT2D eigenvalue weighted by Crippen LogP contribution is 2.33. The van der Waals surface area contributed by atoms with Crippen molar-refractivity contribution >= 4 is 11.6 Å². The lowest BCUT2D eigenvalue weighted by molar-refractivity contribution is -0.120. The summed E-state index contributed by atoms with van der Waals surface area (Å²) in [4.78, 5) is 14.5. The Balaban J connectivity index is 1.67. The molecule has 1 atom stereocenters. The quantitative estimate of drug-likeness (QED) is 0.892. The molecule has 4 nitrogen and oxygen atoms in total. The largest absolute Gasteiger partial charge is 0.362 e. The van der Waals surface area contributed by atoms with Crippen LogP contribution < -0.4 is 15.5 Å². The molecule has 2 N–H and O–H groups in total. The molecule has 1 amide bonds. The van der Waals surface area contributed by atoms with Crippen LogP contribution in [0.3, 0.4) is 0 Å². The van der Waals surface area contributed by atoms with Gasteiger partial charge >= 0.3 is 0 Å². The van der Waals surface area contributed by atoms with E-state index in [1.165, 1.54) is 24.1 Å². The predicted molar refractivity (Wildman–Crippen MR) is 85.5 cm³/mol. The summed E-state index contributed by atoms with van der Waals surface area (Å²) in [5.41, 5.74) is 2.50. The van der Waals surface area contributed by atoms with Gasteiger partial charge in [-0.05, 0) is 37.9 Å². The van der Waals surface area contributed by atoms with Crippen LogP contribution in [0.25, 0.3) is 0 Å². The fourth-order valence-electron chi connectivity index (χ4n) is 3.61. The maximum atomic E-state index is 12.3. The van der Waals surface area contributed by atoms with Crippen LogP contribution in [0.1, 0.15) is 43.7 Å². The summed E-state index contributed by atoms with van der Waals surface area (Å²) >= 11 is 0. The minimum absolute atomic E-state index is 0.166. The van der Waals surface area contributed by atoms with E-state index in [9.17, 15) is 4.79 Å². The lowest BCUT2D eigenvalue weighted by Gasteiger charge is -2.35. The summed E-state index contributed by atoms with van der Waals surface area (Å²) in [6.45, 7) is 1.41. The van der Waals surface area contributed by atoms with Gasteiger partial charge in [-0.1, -0.05) is 31.0 Å². The molecular weight excluding hydrogens is 262 g/mol. The first-order valence-electron chi connectivity index (χ1n) is 8.08. The van der Waals surface area contributed by atoms with Crippen molar-refractivity contribution in [3.63, 3.8) is 0 Å². The van der Waals surface area contributed by atoms with Crippen LogP contribution in [0.5, 0.6) is 0 Å². The Labute approximate surface area is 126 Å². The molecular formula is C17H25N3O.